The highest BCUT2D eigenvalue weighted by atomic mass is 35.5. The second-order valence-corrected chi connectivity index (χ2v) is 13.6. The van der Waals surface area contributed by atoms with Crippen LogP contribution in [-0.4, -0.2) is 66.2 Å². The van der Waals surface area contributed by atoms with Crippen molar-refractivity contribution in [2.75, 3.05) is 24.6 Å². The molecule has 2 heterocycles. The van der Waals surface area contributed by atoms with Gasteiger partial charge in [0, 0.05) is 43.1 Å². The molecular formula is C26H32ClN5O5S3. The van der Waals surface area contributed by atoms with Gasteiger partial charge in [0.2, 0.25) is 17.7 Å². The summed E-state index contributed by atoms with van der Waals surface area (Å²) in [6, 6.07) is 8.13. The Kier molecular flexibility index (Phi) is 12.6. The lowest BCUT2D eigenvalue weighted by Gasteiger charge is -2.22. The summed E-state index contributed by atoms with van der Waals surface area (Å²) in [5.41, 5.74) is 0.956. The van der Waals surface area contributed by atoms with Crippen LogP contribution in [0.25, 0.3) is 0 Å². The predicted octanol–water partition coefficient (Wildman–Crippen LogP) is 2.59. The van der Waals surface area contributed by atoms with Crippen LogP contribution in [0.15, 0.2) is 36.4 Å². The van der Waals surface area contributed by atoms with Gasteiger partial charge in [0.1, 0.15) is 12.1 Å². The van der Waals surface area contributed by atoms with Crippen LogP contribution in [0, 0.1) is 5.92 Å². The Labute approximate surface area is 249 Å². The fraction of sp³-hybridized carbons (Fsp3) is 0.423. The van der Waals surface area contributed by atoms with Crippen molar-refractivity contribution in [3.8, 4) is 0 Å². The zero-order valence-electron chi connectivity index (χ0n) is 22.1. The van der Waals surface area contributed by atoms with Crippen molar-refractivity contribution >= 4 is 74.1 Å². The van der Waals surface area contributed by atoms with Crippen molar-refractivity contribution < 1.29 is 24.0 Å². The Balaban J connectivity index is 1.75. The first kappa shape index (κ1) is 31.8. The molecule has 1 aromatic carbocycles. The number of fused-ring (bicyclic) bond motifs is 2. The van der Waals surface area contributed by atoms with E-state index in [0.29, 0.717) is 32.8 Å². The number of benzene rings is 1. The first-order valence-corrected chi connectivity index (χ1v) is 16.3. The first-order valence-electron chi connectivity index (χ1n) is 12.7. The van der Waals surface area contributed by atoms with Gasteiger partial charge in [-0.2, -0.15) is 0 Å². The molecule has 0 aliphatic carbocycles. The molecule has 0 saturated heterocycles. The summed E-state index contributed by atoms with van der Waals surface area (Å²) < 4.78 is 0.463. The van der Waals surface area contributed by atoms with Crippen LogP contribution in [0.1, 0.15) is 45.9 Å². The van der Waals surface area contributed by atoms with E-state index in [9.17, 15) is 24.0 Å². The van der Waals surface area contributed by atoms with Gasteiger partial charge in [-0.1, -0.05) is 59.2 Å². The first-order chi connectivity index (χ1) is 19.1. The summed E-state index contributed by atoms with van der Waals surface area (Å²) in [5, 5.41) is 13.8. The van der Waals surface area contributed by atoms with E-state index in [0.717, 1.165) is 11.3 Å². The molecular weight excluding hydrogens is 594 g/mol. The fourth-order valence-electron chi connectivity index (χ4n) is 3.66. The molecule has 0 fully saturated rings. The molecule has 0 saturated carbocycles. The van der Waals surface area contributed by atoms with Crippen LogP contribution in [0.5, 0.6) is 0 Å². The number of hydrogen-bond donors (Lipinski definition) is 5. The second-order valence-electron chi connectivity index (χ2n) is 9.23. The lowest BCUT2D eigenvalue weighted by molar-refractivity contribution is -0.130. The van der Waals surface area contributed by atoms with E-state index >= 15 is 0 Å². The number of nitrogens with one attached hydrogen (secondary N) is 5. The van der Waals surface area contributed by atoms with Crippen LogP contribution in [0.3, 0.4) is 0 Å². The van der Waals surface area contributed by atoms with Gasteiger partial charge in [0.05, 0.1) is 9.21 Å². The van der Waals surface area contributed by atoms with Crippen molar-refractivity contribution in [3.05, 3.63) is 56.7 Å². The highest BCUT2D eigenvalue weighted by Gasteiger charge is 2.25. The molecule has 40 heavy (non-hydrogen) atoms. The molecule has 0 spiro atoms. The third-order valence-electron chi connectivity index (χ3n) is 5.79. The summed E-state index contributed by atoms with van der Waals surface area (Å²) in [6.07, 6.45) is 0.256. The normalized spacial score (nSPS) is 20.1. The molecule has 0 radical (unpaired) electrons. The average Bonchev–Trinajstić information content (AvgIpc) is 3.37. The van der Waals surface area contributed by atoms with Gasteiger partial charge in [-0.3, -0.25) is 24.0 Å². The third kappa shape index (κ3) is 10.0. The molecule has 5 N–H and O–H groups in total. The maximum Gasteiger partial charge on any atom is 0.261 e. The molecule has 5 amide bonds. The monoisotopic (exact) mass is 625 g/mol. The zero-order valence-corrected chi connectivity index (χ0v) is 25.3. The van der Waals surface area contributed by atoms with Gasteiger partial charge < -0.3 is 26.6 Å². The third-order valence-corrected chi connectivity index (χ3v) is 9.43. The van der Waals surface area contributed by atoms with Crippen LogP contribution in [0.4, 0.5) is 0 Å². The molecule has 2 atom stereocenters. The van der Waals surface area contributed by atoms with Crippen LogP contribution in [-0.2, 0) is 20.9 Å². The number of hydrogen-bond acceptors (Lipinski definition) is 8. The largest absolute Gasteiger partial charge is 0.353 e. The van der Waals surface area contributed by atoms with E-state index in [1.54, 1.807) is 36.4 Å². The Morgan fingerprint density at radius 2 is 1.80 bits per heavy atom. The maximum absolute atomic E-state index is 13.1. The molecule has 0 unspecified atom stereocenters. The number of carbonyl (C=O) groups excluding carboxylic acids is 5. The van der Waals surface area contributed by atoms with Gasteiger partial charge in [-0.05, 0) is 35.7 Å². The number of carbonyl (C=O) groups is 5. The highest BCUT2D eigenvalue weighted by Crippen LogP contribution is 2.22. The van der Waals surface area contributed by atoms with Crippen LogP contribution >= 0.6 is 44.5 Å². The van der Waals surface area contributed by atoms with Crippen molar-refractivity contribution in [1.82, 2.24) is 26.6 Å². The van der Waals surface area contributed by atoms with E-state index in [2.05, 4.69) is 26.6 Å². The number of rotatable bonds is 4. The highest BCUT2D eigenvalue weighted by molar-refractivity contribution is 8.76. The van der Waals surface area contributed by atoms with E-state index in [1.165, 1.54) is 21.6 Å². The lowest BCUT2D eigenvalue weighted by atomic mass is 10.0. The van der Waals surface area contributed by atoms with E-state index < -0.39 is 29.8 Å². The zero-order chi connectivity index (χ0) is 29.1. The molecule has 1 aliphatic heterocycles. The fourth-order valence-corrected chi connectivity index (χ4v) is 6.52. The average molecular weight is 626 g/mol. The maximum atomic E-state index is 13.1. The minimum absolute atomic E-state index is 0.112. The van der Waals surface area contributed by atoms with Crippen LogP contribution in [0.2, 0.25) is 4.34 Å². The molecule has 216 valence electrons. The molecule has 1 aliphatic rings. The Morgan fingerprint density at radius 3 is 2.52 bits per heavy atom. The smallest absolute Gasteiger partial charge is 0.261 e. The Morgan fingerprint density at radius 1 is 1.02 bits per heavy atom. The van der Waals surface area contributed by atoms with E-state index in [1.807, 2.05) is 13.8 Å². The summed E-state index contributed by atoms with van der Waals surface area (Å²) >= 11 is 7.03. The van der Waals surface area contributed by atoms with E-state index in [-0.39, 0.29) is 42.8 Å². The summed E-state index contributed by atoms with van der Waals surface area (Å²) in [4.78, 5) is 64.3. The van der Waals surface area contributed by atoms with Crippen molar-refractivity contribution in [2.45, 2.75) is 38.9 Å². The Hall–Kier alpha value is -2.74. The number of thiophene rings is 1. The number of amides is 5. The summed E-state index contributed by atoms with van der Waals surface area (Å²) in [6.45, 7) is 4.07. The van der Waals surface area contributed by atoms with Gasteiger partial charge in [0.25, 0.3) is 11.8 Å². The van der Waals surface area contributed by atoms with Gasteiger partial charge >= 0.3 is 0 Å². The molecule has 2 bridgehead atoms. The standard InChI is InChI=1S/C26H32ClN5O5S3/c1-15(2)22-26(37)29-13-16-4-3-5-17(12-16)23(34)31-18(14-30-25(36)19-6-7-20(27)40-19)24(35)28-9-11-39-38-10-8-21(33)32-22/h3-7,12,15,18,22H,8-11,13-14H2,1-2H3,(H,28,35)(H,29,37)(H,30,36)(H,31,34)(H,32,33)/t18-,22+/m0/s1. The van der Waals surface area contributed by atoms with Crippen molar-refractivity contribution in [1.29, 1.82) is 0 Å². The quantitative estimate of drug-likeness (QED) is 0.328. The van der Waals surface area contributed by atoms with Crippen LogP contribution < -0.4 is 26.6 Å². The van der Waals surface area contributed by atoms with Crippen molar-refractivity contribution in [3.63, 3.8) is 0 Å². The van der Waals surface area contributed by atoms with Gasteiger partial charge in [-0.25, -0.2) is 0 Å². The molecule has 1 aromatic heterocycles. The molecule has 3 rings (SSSR count). The lowest BCUT2D eigenvalue weighted by Crippen LogP contribution is -2.53. The molecule has 14 heteroatoms. The SMILES string of the molecule is CC(C)[C@H]1NC(=O)CCSSCCNC(=O)[C@H](CNC(=O)c2ccc(Cl)s2)NC(=O)c2cccc(c2)CNC1=O. The molecule has 10 nitrogen and oxygen atoms in total. The predicted molar refractivity (Wildman–Crippen MR) is 161 cm³/mol. The Bertz CT molecular complexity index is 1220. The van der Waals surface area contributed by atoms with Gasteiger partial charge in [0.15, 0.2) is 0 Å². The minimum Gasteiger partial charge on any atom is -0.353 e. The topological polar surface area (TPSA) is 146 Å². The van der Waals surface area contributed by atoms with Gasteiger partial charge in [-0.15, -0.1) is 11.3 Å². The summed E-state index contributed by atoms with van der Waals surface area (Å²) in [7, 11) is 2.98. The summed E-state index contributed by atoms with van der Waals surface area (Å²) in [5.74, 6) is -0.877. The second kappa shape index (κ2) is 15.9. The molecule has 2 aromatic rings. The van der Waals surface area contributed by atoms with E-state index in [4.69, 9.17) is 11.6 Å². The minimum atomic E-state index is -1.03. The number of halogens is 1. The van der Waals surface area contributed by atoms with Crippen molar-refractivity contribution in [2.24, 2.45) is 5.92 Å².